The maximum absolute atomic E-state index is 11.8. The van der Waals surface area contributed by atoms with Crippen molar-refractivity contribution in [3.05, 3.63) is 45.6 Å². The fourth-order valence-corrected chi connectivity index (χ4v) is 1.57. The molecule has 0 spiro atoms. The molecule has 100 valence electrons. The Balaban J connectivity index is 2.62. The topological polar surface area (TPSA) is 63.3 Å². The van der Waals surface area contributed by atoms with Gasteiger partial charge in [0.15, 0.2) is 11.3 Å². The Labute approximate surface area is 111 Å². The molecule has 1 aromatic carbocycles. The number of rotatable bonds is 1. The van der Waals surface area contributed by atoms with Crippen LogP contribution in [0.15, 0.2) is 33.2 Å². The van der Waals surface area contributed by atoms with Crippen LogP contribution < -0.4 is 5.63 Å². The summed E-state index contributed by atoms with van der Waals surface area (Å²) in [6, 6.07) is 5.41. The van der Waals surface area contributed by atoms with Crippen molar-refractivity contribution in [2.24, 2.45) is 5.41 Å². The van der Waals surface area contributed by atoms with Crippen molar-refractivity contribution in [3.63, 3.8) is 0 Å². The Bertz CT molecular complexity index is 705. The second-order valence-corrected chi connectivity index (χ2v) is 5.64. The summed E-state index contributed by atoms with van der Waals surface area (Å²) in [6.07, 6.45) is 1.37. The summed E-state index contributed by atoms with van der Waals surface area (Å²) < 4.78 is 5.19. The molecule has 0 bridgehead atoms. The van der Waals surface area contributed by atoms with Gasteiger partial charge in [0.2, 0.25) is 0 Å². The van der Waals surface area contributed by atoms with Gasteiger partial charge in [0.1, 0.15) is 5.52 Å². The molecular formula is C15H17NO3. The number of fused-ring (bicyclic) bond motifs is 1. The van der Waals surface area contributed by atoms with Crippen molar-refractivity contribution >= 4 is 17.2 Å². The molecule has 0 aliphatic heterocycles. The molecule has 19 heavy (non-hydrogen) atoms. The van der Waals surface area contributed by atoms with Crippen molar-refractivity contribution in [1.29, 1.82) is 0 Å². The predicted octanol–water partition coefficient (Wildman–Crippen LogP) is 3.44. The Morgan fingerprint density at radius 2 is 2.05 bits per heavy atom. The summed E-state index contributed by atoms with van der Waals surface area (Å²) in [4.78, 5) is 16.0. The van der Waals surface area contributed by atoms with Gasteiger partial charge in [-0.25, -0.2) is 9.78 Å². The first-order valence-electron chi connectivity index (χ1n) is 6.10. The third-order valence-corrected chi connectivity index (χ3v) is 2.81. The summed E-state index contributed by atoms with van der Waals surface area (Å²) >= 11 is 0. The fourth-order valence-electron chi connectivity index (χ4n) is 1.57. The number of aryl methyl sites for hydroxylation is 1. The Morgan fingerprint density at radius 1 is 1.37 bits per heavy atom. The molecule has 0 radical (unpaired) electrons. The van der Waals surface area contributed by atoms with Crippen LogP contribution in [0.4, 0.5) is 0 Å². The smallest absolute Gasteiger partial charge is 0.362 e. The molecule has 0 unspecified atom stereocenters. The van der Waals surface area contributed by atoms with Gasteiger partial charge < -0.3 is 9.52 Å². The van der Waals surface area contributed by atoms with E-state index in [0.29, 0.717) is 11.1 Å². The number of aliphatic hydroxyl groups is 1. The number of allylic oxidation sites excluding steroid dienone is 1. The zero-order valence-electron chi connectivity index (χ0n) is 11.5. The number of hydrogen-bond donors (Lipinski definition) is 1. The molecule has 0 fully saturated rings. The predicted molar refractivity (Wildman–Crippen MR) is 75.1 cm³/mol. The van der Waals surface area contributed by atoms with Crippen molar-refractivity contribution < 1.29 is 9.52 Å². The minimum Gasteiger partial charge on any atom is -0.512 e. The van der Waals surface area contributed by atoms with Gasteiger partial charge in [0.05, 0.1) is 5.76 Å². The second kappa shape index (κ2) is 4.53. The van der Waals surface area contributed by atoms with Gasteiger partial charge >= 0.3 is 5.63 Å². The molecule has 0 amide bonds. The molecule has 0 aliphatic rings. The molecule has 1 aromatic heterocycles. The van der Waals surface area contributed by atoms with Gasteiger partial charge in [-0.3, -0.25) is 0 Å². The molecular weight excluding hydrogens is 242 g/mol. The summed E-state index contributed by atoms with van der Waals surface area (Å²) in [5.74, 6) is 0.0966. The van der Waals surface area contributed by atoms with E-state index in [1.807, 2.05) is 39.8 Å². The van der Waals surface area contributed by atoms with Gasteiger partial charge in [0.25, 0.3) is 0 Å². The van der Waals surface area contributed by atoms with Crippen molar-refractivity contribution in [2.45, 2.75) is 27.7 Å². The van der Waals surface area contributed by atoms with E-state index in [4.69, 9.17) is 4.42 Å². The summed E-state index contributed by atoms with van der Waals surface area (Å²) in [7, 11) is 0. The van der Waals surface area contributed by atoms with Crippen LogP contribution in [-0.2, 0) is 0 Å². The number of benzene rings is 1. The number of hydrogen-bond acceptors (Lipinski definition) is 4. The highest BCUT2D eigenvalue weighted by atomic mass is 16.4. The molecule has 0 saturated carbocycles. The van der Waals surface area contributed by atoms with E-state index in [2.05, 4.69) is 4.98 Å². The minimum absolute atomic E-state index is 0.0966. The van der Waals surface area contributed by atoms with E-state index < -0.39 is 11.0 Å². The van der Waals surface area contributed by atoms with Crippen LogP contribution in [0.25, 0.3) is 17.2 Å². The number of nitrogens with zero attached hydrogens (tertiary/aromatic N) is 1. The maximum Gasteiger partial charge on any atom is 0.362 e. The quantitative estimate of drug-likeness (QED) is 0.797. The van der Waals surface area contributed by atoms with Crippen LogP contribution in [0.5, 0.6) is 0 Å². The Morgan fingerprint density at radius 3 is 2.68 bits per heavy atom. The van der Waals surface area contributed by atoms with Gasteiger partial charge in [-0.2, -0.15) is 0 Å². The largest absolute Gasteiger partial charge is 0.512 e. The number of aliphatic hydroxyl groups excluding tert-OH is 1. The van der Waals surface area contributed by atoms with Crippen LogP contribution >= 0.6 is 0 Å². The zero-order chi connectivity index (χ0) is 14.2. The lowest BCUT2D eigenvalue weighted by molar-refractivity contribution is 0.282. The van der Waals surface area contributed by atoms with Gasteiger partial charge in [-0.05, 0) is 24.6 Å². The molecule has 1 heterocycles. The highest BCUT2D eigenvalue weighted by molar-refractivity contribution is 5.73. The van der Waals surface area contributed by atoms with E-state index in [-0.39, 0.29) is 11.5 Å². The first-order valence-corrected chi connectivity index (χ1v) is 6.10. The fraction of sp³-hybridized carbons (Fsp3) is 0.333. The second-order valence-electron chi connectivity index (χ2n) is 5.64. The molecule has 4 nitrogen and oxygen atoms in total. The normalized spacial score (nSPS) is 12.9. The average Bonchev–Trinajstić information content (AvgIpc) is 2.29. The Hall–Kier alpha value is -2.10. The average molecular weight is 259 g/mol. The highest BCUT2D eigenvalue weighted by Gasteiger charge is 2.17. The van der Waals surface area contributed by atoms with Crippen LogP contribution in [0.3, 0.4) is 0 Å². The molecule has 0 aliphatic carbocycles. The van der Waals surface area contributed by atoms with Crippen molar-refractivity contribution in [2.75, 3.05) is 0 Å². The summed E-state index contributed by atoms with van der Waals surface area (Å²) in [6.45, 7) is 7.50. The molecule has 2 aromatic rings. The van der Waals surface area contributed by atoms with Crippen LogP contribution in [0.1, 0.15) is 32.0 Å². The molecule has 0 saturated heterocycles. The highest BCUT2D eigenvalue weighted by Crippen LogP contribution is 2.24. The third kappa shape index (κ3) is 2.84. The maximum atomic E-state index is 11.8. The van der Waals surface area contributed by atoms with Gasteiger partial charge in [-0.15, -0.1) is 0 Å². The number of aromatic nitrogens is 1. The van der Waals surface area contributed by atoms with Crippen molar-refractivity contribution in [3.8, 4) is 0 Å². The lowest BCUT2D eigenvalue weighted by Gasteiger charge is -2.16. The minimum atomic E-state index is -0.549. The molecule has 1 N–H and O–H groups in total. The first kappa shape index (κ1) is 13.3. The van der Waals surface area contributed by atoms with E-state index in [0.717, 1.165) is 5.56 Å². The SMILES string of the molecule is Cc1ccc2oc(=O)c(C=C(O)C(C)(C)C)nc2c1. The molecule has 4 heteroatoms. The van der Waals surface area contributed by atoms with E-state index in [1.165, 1.54) is 6.08 Å². The van der Waals surface area contributed by atoms with E-state index in [1.54, 1.807) is 6.07 Å². The third-order valence-electron chi connectivity index (χ3n) is 2.81. The van der Waals surface area contributed by atoms with Gasteiger partial charge in [0, 0.05) is 11.5 Å². The van der Waals surface area contributed by atoms with E-state index in [9.17, 15) is 9.90 Å². The van der Waals surface area contributed by atoms with E-state index >= 15 is 0 Å². The lowest BCUT2D eigenvalue weighted by Crippen LogP contribution is -2.12. The van der Waals surface area contributed by atoms with Crippen LogP contribution in [0, 0.1) is 12.3 Å². The van der Waals surface area contributed by atoms with Gasteiger partial charge in [-0.1, -0.05) is 26.8 Å². The molecule has 2 rings (SSSR count). The lowest BCUT2D eigenvalue weighted by atomic mass is 9.93. The monoisotopic (exact) mass is 259 g/mol. The van der Waals surface area contributed by atoms with Crippen LogP contribution in [0.2, 0.25) is 0 Å². The Kier molecular flexibility index (Phi) is 3.18. The molecule has 0 atom stereocenters. The first-order chi connectivity index (χ1) is 8.77. The summed E-state index contributed by atoms with van der Waals surface area (Å²) in [5.41, 5.74) is 1.22. The van der Waals surface area contributed by atoms with Crippen molar-refractivity contribution in [1.82, 2.24) is 4.98 Å². The summed E-state index contributed by atoms with van der Waals surface area (Å²) in [5, 5.41) is 9.93. The zero-order valence-corrected chi connectivity index (χ0v) is 11.5. The van der Waals surface area contributed by atoms with Crippen LogP contribution in [-0.4, -0.2) is 10.1 Å². The standard InChI is InChI=1S/C15H17NO3/c1-9-5-6-12-10(7-9)16-11(14(18)19-12)8-13(17)15(2,3)4/h5-8,17H,1-4H3.